The molecule has 0 spiro atoms. The van der Waals surface area contributed by atoms with Gasteiger partial charge in [0.05, 0.1) is 21.9 Å². The van der Waals surface area contributed by atoms with E-state index in [0.29, 0.717) is 11.8 Å². The van der Waals surface area contributed by atoms with E-state index in [1.807, 2.05) is 0 Å². The van der Waals surface area contributed by atoms with Gasteiger partial charge in [0, 0.05) is 52.1 Å². The second-order valence-corrected chi connectivity index (χ2v) is 13.7. The molecule has 17 heteroatoms. The number of alkyl carbamates (subject to hydrolysis) is 1. The Balaban J connectivity index is 0.000000247. The second kappa shape index (κ2) is 18.0. The minimum Gasteiger partial charge on any atom is -0.506 e. The molecule has 0 bridgehead atoms. The van der Waals surface area contributed by atoms with Gasteiger partial charge in [0.15, 0.2) is 53.8 Å². The van der Waals surface area contributed by atoms with Crippen LogP contribution in [0.1, 0.15) is 94.2 Å². The van der Waals surface area contributed by atoms with E-state index in [0.717, 1.165) is 0 Å². The van der Waals surface area contributed by atoms with E-state index < -0.39 is 29.4 Å². The van der Waals surface area contributed by atoms with E-state index in [1.54, 1.807) is 51.1 Å². The van der Waals surface area contributed by atoms with E-state index in [2.05, 4.69) is 10.6 Å². The zero-order valence-electron chi connectivity index (χ0n) is 32.8. The monoisotopic (exact) mass is 802 g/mol. The summed E-state index contributed by atoms with van der Waals surface area (Å²) < 4.78 is 42.3. The Morgan fingerprint density at radius 2 is 1.34 bits per heavy atom. The molecule has 0 saturated heterocycles. The first-order chi connectivity index (χ1) is 27.6. The maximum Gasteiger partial charge on any atom is 0.412 e. The zero-order chi connectivity index (χ0) is 42.3. The standard InChI is InChI=1S/C25H30N2O9.C16H12O6/c1-14(28)18-12-16-20(29)19-15(8-6-9-17(19)33-13-32-5)21(22(16)34-18)35-23(30)26-10-7-11-27-24(31)36-25(2,3)4;1-8(17)12-6-10-14(18)13-9(15(19)16(10)22-12)4-3-5-11(13)21-7-20-2/h6,8-9,12,29H,7,10-11,13H2,1-5H3,(H,26,30)(H,27,31);3-6H,7H2,1-2H3. The number of furan rings is 2. The molecule has 58 heavy (non-hydrogen) atoms. The molecular formula is C41H42N2O15. The van der Waals surface area contributed by atoms with Crippen molar-refractivity contribution < 1.29 is 71.1 Å². The fourth-order valence-electron chi connectivity index (χ4n) is 5.74. The lowest BCUT2D eigenvalue weighted by Crippen LogP contribution is -2.35. The molecule has 3 N–H and O–H groups in total. The maximum atomic E-state index is 12.6. The topological polar surface area (TPSA) is 228 Å². The van der Waals surface area contributed by atoms with Crippen LogP contribution >= 0.6 is 0 Å². The van der Waals surface area contributed by atoms with Crippen molar-refractivity contribution in [2.45, 2.75) is 46.6 Å². The number of nitrogens with one attached hydrogen (secondary N) is 2. The number of ether oxygens (including phenoxy) is 6. The molecule has 0 unspecified atom stereocenters. The van der Waals surface area contributed by atoms with Crippen LogP contribution in [0.2, 0.25) is 0 Å². The first-order valence-electron chi connectivity index (χ1n) is 17.8. The van der Waals surface area contributed by atoms with Crippen LogP contribution in [0, 0.1) is 0 Å². The summed E-state index contributed by atoms with van der Waals surface area (Å²) in [6.45, 7) is 8.27. The fraction of sp³-hybridized carbons (Fsp3) is 0.317. The molecule has 2 aromatic heterocycles. The predicted molar refractivity (Wildman–Crippen MR) is 205 cm³/mol. The summed E-state index contributed by atoms with van der Waals surface area (Å²) in [5.74, 6) is -1.33. The molecule has 0 atom stereocenters. The summed E-state index contributed by atoms with van der Waals surface area (Å²) in [5.41, 5.74) is -0.136. The summed E-state index contributed by atoms with van der Waals surface area (Å²) in [4.78, 5) is 72.7. The molecule has 0 fully saturated rings. The van der Waals surface area contributed by atoms with Gasteiger partial charge in [-0.25, -0.2) is 9.59 Å². The van der Waals surface area contributed by atoms with Gasteiger partial charge in [0.2, 0.25) is 11.6 Å². The number of benzene rings is 3. The highest BCUT2D eigenvalue weighted by molar-refractivity contribution is 6.28. The van der Waals surface area contributed by atoms with Gasteiger partial charge < -0.3 is 53.0 Å². The van der Waals surface area contributed by atoms with Crippen LogP contribution in [0.4, 0.5) is 9.59 Å². The summed E-state index contributed by atoms with van der Waals surface area (Å²) in [5, 5.41) is 17.0. The lowest BCUT2D eigenvalue weighted by molar-refractivity contribution is 0.0500. The minimum absolute atomic E-state index is 0.00607. The van der Waals surface area contributed by atoms with Crippen molar-refractivity contribution in [3.8, 4) is 23.0 Å². The molecular weight excluding hydrogens is 760 g/mol. The first kappa shape index (κ1) is 42.4. The van der Waals surface area contributed by atoms with Crippen LogP contribution in [-0.4, -0.2) is 86.9 Å². The lowest BCUT2D eigenvalue weighted by atomic mass is 9.88. The number of fused-ring (bicyclic) bond motifs is 4. The zero-order valence-corrected chi connectivity index (χ0v) is 32.8. The Kier molecular flexibility index (Phi) is 13.2. The number of carbonyl (C=O) groups is 6. The van der Waals surface area contributed by atoms with Crippen LogP contribution in [-0.2, 0) is 14.2 Å². The van der Waals surface area contributed by atoms with Crippen LogP contribution in [0.15, 0.2) is 57.4 Å². The van der Waals surface area contributed by atoms with Gasteiger partial charge in [-0.15, -0.1) is 0 Å². The van der Waals surface area contributed by atoms with Crippen LogP contribution < -0.4 is 24.8 Å². The molecule has 0 radical (unpaired) electrons. The average molecular weight is 803 g/mol. The molecule has 1 aliphatic rings. The highest BCUT2D eigenvalue weighted by Gasteiger charge is 2.36. The van der Waals surface area contributed by atoms with Gasteiger partial charge in [-0.05, 0) is 57.5 Å². The van der Waals surface area contributed by atoms with Gasteiger partial charge >= 0.3 is 12.2 Å². The first-order valence-corrected chi connectivity index (χ1v) is 17.8. The molecule has 6 rings (SSSR count). The second-order valence-electron chi connectivity index (χ2n) is 13.7. The van der Waals surface area contributed by atoms with Crippen molar-refractivity contribution in [1.29, 1.82) is 0 Å². The molecule has 2 amide bonds. The molecule has 0 saturated carbocycles. The molecule has 5 aromatic rings. The lowest BCUT2D eigenvalue weighted by Gasteiger charge is -2.19. The molecule has 3 aromatic carbocycles. The van der Waals surface area contributed by atoms with Crippen molar-refractivity contribution >= 4 is 57.1 Å². The number of amides is 2. The van der Waals surface area contributed by atoms with E-state index in [1.165, 1.54) is 46.3 Å². The minimum atomic E-state index is -0.787. The normalized spacial score (nSPS) is 11.9. The van der Waals surface area contributed by atoms with Crippen molar-refractivity contribution in [2.24, 2.45) is 0 Å². The number of phenols is 1. The molecule has 17 nitrogen and oxygen atoms in total. The molecule has 1 aliphatic carbocycles. The van der Waals surface area contributed by atoms with E-state index in [4.69, 9.17) is 37.3 Å². The number of phenolic OH excluding ortho intramolecular Hbond substituents is 1. The maximum absolute atomic E-state index is 12.6. The number of hydrogen-bond acceptors (Lipinski definition) is 15. The van der Waals surface area contributed by atoms with Crippen molar-refractivity contribution in [1.82, 2.24) is 10.6 Å². The van der Waals surface area contributed by atoms with Gasteiger partial charge in [-0.1, -0.05) is 18.2 Å². The number of rotatable bonds is 13. The number of methoxy groups -OCH3 is 2. The largest absolute Gasteiger partial charge is 0.506 e. The smallest absolute Gasteiger partial charge is 0.412 e. The predicted octanol–water partition coefficient (Wildman–Crippen LogP) is 6.72. The summed E-state index contributed by atoms with van der Waals surface area (Å²) in [6.07, 6.45) is -0.914. The van der Waals surface area contributed by atoms with Crippen molar-refractivity contribution in [2.75, 3.05) is 40.9 Å². The average Bonchev–Trinajstić information content (AvgIpc) is 3.83. The Morgan fingerprint density at radius 3 is 1.98 bits per heavy atom. The summed E-state index contributed by atoms with van der Waals surface area (Å²) >= 11 is 0. The summed E-state index contributed by atoms with van der Waals surface area (Å²) in [7, 11) is 2.91. The third kappa shape index (κ3) is 9.45. The van der Waals surface area contributed by atoms with Crippen LogP contribution in [0.5, 0.6) is 23.0 Å². The number of carbonyl (C=O) groups excluding carboxylic acids is 6. The van der Waals surface area contributed by atoms with Gasteiger partial charge in [-0.2, -0.15) is 0 Å². The number of hydrogen-bond donors (Lipinski definition) is 3. The van der Waals surface area contributed by atoms with Gasteiger partial charge in [0.1, 0.15) is 22.8 Å². The fourth-order valence-corrected chi connectivity index (χ4v) is 5.74. The highest BCUT2D eigenvalue weighted by atomic mass is 16.7. The third-order valence-corrected chi connectivity index (χ3v) is 8.23. The highest BCUT2D eigenvalue weighted by Crippen LogP contribution is 2.47. The number of ketones is 4. The quantitative estimate of drug-likeness (QED) is 0.0625. The Morgan fingerprint density at radius 1 is 0.741 bits per heavy atom. The van der Waals surface area contributed by atoms with E-state index >= 15 is 0 Å². The van der Waals surface area contributed by atoms with Crippen molar-refractivity contribution in [3.63, 3.8) is 0 Å². The van der Waals surface area contributed by atoms with Gasteiger partial charge in [-0.3, -0.25) is 19.2 Å². The molecule has 2 heterocycles. The van der Waals surface area contributed by atoms with Gasteiger partial charge in [0.25, 0.3) is 0 Å². The Labute approximate surface area is 331 Å². The number of aromatic hydroxyl groups is 1. The van der Waals surface area contributed by atoms with E-state index in [9.17, 15) is 33.9 Å². The SMILES string of the molecule is COCOc1cccc2c(OC(=O)NCCCNC(=O)OC(C)(C)C)c3oc(C(C)=O)cc3c(O)c12.COCOc1cccc2c1C(=O)c1cc(C(C)=O)oc1C2=O. The number of Topliss-reactive ketones (excluding diaryl/α,β-unsaturated/α-hetero) is 2. The van der Waals surface area contributed by atoms with E-state index in [-0.39, 0.29) is 112 Å². The molecule has 0 aliphatic heterocycles. The Hall–Kier alpha value is -6.72. The third-order valence-electron chi connectivity index (χ3n) is 8.23. The Bertz CT molecular complexity index is 2400. The van der Waals surface area contributed by atoms with Crippen LogP contribution in [0.3, 0.4) is 0 Å². The summed E-state index contributed by atoms with van der Waals surface area (Å²) in [6, 6.07) is 12.3. The van der Waals surface area contributed by atoms with Crippen molar-refractivity contribution in [3.05, 3.63) is 82.5 Å². The molecule has 306 valence electrons. The van der Waals surface area contributed by atoms with Crippen LogP contribution in [0.25, 0.3) is 21.7 Å².